The van der Waals surface area contributed by atoms with E-state index in [9.17, 15) is 15.0 Å². The highest BCUT2D eigenvalue weighted by molar-refractivity contribution is 6.18. The van der Waals surface area contributed by atoms with Crippen molar-refractivity contribution >= 4 is 17.5 Å². The minimum atomic E-state index is -0.468. The molecule has 0 saturated carbocycles. The van der Waals surface area contributed by atoms with Gasteiger partial charge in [-0.1, -0.05) is 36.4 Å². The summed E-state index contributed by atoms with van der Waals surface area (Å²) in [5.41, 5.74) is 1.08. The van der Waals surface area contributed by atoms with Gasteiger partial charge in [0.2, 0.25) is 0 Å². The van der Waals surface area contributed by atoms with Crippen molar-refractivity contribution in [2.75, 3.05) is 5.88 Å². The fourth-order valence-corrected chi connectivity index (χ4v) is 2.21. The fourth-order valence-electron chi connectivity index (χ4n) is 2.02. The molecular formula is C16H16ClNO3. The predicted octanol–water partition coefficient (Wildman–Crippen LogP) is 2.68. The Labute approximate surface area is 128 Å². The lowest BCUT2D eigenvalue weighted by molar-refractivity contribution is 0.0937. The van der Waals surface area contributed by atoms with Crippen molar-refractivity contribution in [3.63, 3.8) is 0 Å². The zero-order valence-electron chi connectivity index (χ0n) is 11.3. The molecule has 0 saturated heterocycles. The van der Waals surface area contributed by atoms with Gasteiger partial charge in [-0.05, 0) is 24.1 Å². The monoisotopic (exact) mass is 305 g/mol. The third kappa shape index (κ3) is 3.89. The van der Waals surface area contributed by atoms with E-state index in [1.165, 1.54) is 18.2 Å². The predicted molar refractivity (Wildman–Crippen MR) is 81.9 cm³/mol. The summed E-state index contributed by atoms with van der Waals surface area (Å²) in [6.45, 7) is 0. The molecule has 0 aliphatic carbocycles. The van der Waals surface area contributed by atoms with Crippen LogP contribution in [0.1, 0.15) is 15.9 Å². The van der Waals surface area contributed by atoms with Crippen LogP contribution in [0.4, 0.5) is 0 Å². The molecule has 0 heterocycles. The Balaban J connectivity index is 2.08. The number of carbonyl (C=O) groups is 1. The van der Waals surface area contributed by atoms with Crippen LogP contribution in [0.5, 0.6) is 11.5 Å². The molecule has 0 aliphatic heterocycles. The van der Waals surface area contributed by atoms with Crippen LogP contribution in [0, 0.1) is 0 Å². The van der Waals surface area contributed by atoms with Crippen molar-refractivity contribution in [2.45, 2.75) is 12.5 Å². The summed E-state index contributed by atoms with van der Waals surface area (Å²) >= 11 is 5.89. The van der Waals surface area contributed by atoms with Crippen molar-refractivity contribution in [1.82, 2.24) is 5.32 Å². The van der Waals surface area contributed by atoms with E-state index in [0.29, 0.717) is 6.42 Å². The summed E-state index contributed by atoms with van der Waals surface area (Å²) in [4.78, 5) is 12.1. The first-order chi connectivity index (χ1) is 10.1. The number of rotatable bonds is 5. The van der Waals surface area contributed by atoms with E-state index >= 15 is 0 Å². The Hall–Kier alpha value is -2.20. The standard InChI is InChI=1S/C16H16ClNO3/c17-10-12(9-11-5-2-1-3-6-11)18-16(21)13-7-4-8-14(19)15(13)20/h1-8,12,19-20H,9-10H2,(H,18,21). The molecule has 2 aromatic carbocycles. The molecule has 0 spiro atoms. The maximum atomic E-state index is 12.1. The zero-order valence-corrected chi connectivity index (χ0v) is 12.0. The van der Waals surface area contributed by atoms with Crippen molar-refractivity contribution in [1.29, 1.82) is 0 Å². The van der Waals surface area contributed by atoms with E-state index in [-0.39, 0.29) is 23.2 Å². The Morgan fingerprint density at radius 2 is 1.81 bits per heavy atom. The minimum absolute atomic E-state index is 0.0261. The van der Waals surface area contributed by atoms with Crippen molar-refractivity contribution in [3.05, 3.63) is 59.7 Å². The molecule has 0 aromatic heterocycles. The lowest BCUT2D eigenvalue weighted by Gasteiger charge is -2.17. The topological polar surface area (TPSA) is 69.6 Å². The SMILES string of the molecule is O=C(NC(CCl)Cc1ccccc1)c1cccc(O)c1O. The van der Waals surface area contributed by atoms with Crippen LogP contribution in [-0.2, 0) is 6.42 Å². The van der Waals surface area contributed by atoms with E-state index in [2.05, 4.69) is 5.32 Å². The highest BCUT2D eigenvalue weighted by atomic mass is 35.5. The van der Waals surface area contributed by atoms with E-state index in [1.807, 2.05) is 30.3 Å². The molecule has 0 radical (unpaired) electrons. The third-order valence-electron chi connectivity index (χ3n) is 3.11. The van der Waals surface area contributed by atoms with Gasteiger partial charge in [-0.25, -0.2) is 0 Å². The minimum Gasteiger partial charge on any atom is -0.504 e. The summed E-state index contributed by atoms with van der Waals surface area (Å²) in [6, 6.07) is 13.7. The van der Waals surface area contributed by atoms with Gasteiger partial charge in [-0.2, -0.15) is 0 Å². The molecule has 2 rings (SSSR count). The molecule has 2 aromatic rings. The van der Waals surface area contributed by atoms with Crippen LogP contribution < -0.4 is 5.32 Å². The number of halogens is 1. The van der Waals surface area contributed by atoms with Crippen LogP contribution in [0.25, 0.3) is 0 Å². The highest BCUT2D eigenvalue weighted by Crippen LogP contribution is 2.28. The maximum Gasteiger partial charge on any atom is 0.255 e. The molecule has 4 nitrogen and oxygen atoms in total. The van der Waals surface area contributed by atoms with Gasteiger partial charge in [0, 0.05) is 11.9 Å². The lowest BCUT2D eigenvalue weighted by Crippen LogP contribution is -2.37. The second kappa shape index (κ2) is 6.99. The molecular weight excluding hydrogens is 290 g/mol. The molecule has 110 valence electrons. The number of amides is 1. The summed E-state index contributed by atoms with van der Waals surface area (Å²) in [6.07, 6.45) is 0.593. The van der Waals surface area contributed by atoms with Crippen molar-refractivity contribution < 1.29 is 15.0 Å². The number of hydrogen-bond acceptors (Lipinski definition) is 3. The third-order valence-corrected chi connectivity index (χ3v) is 3.48. The average Bonchev–Trinajstić information content (AvgIpc) is 2.50. The Bertz CT molecular complexity index is 616. The van der Waals surface area contributed by atoms with Crippen LogP contribution in [0.3, 0.4) is 0 Å². The van der Waals surface area contributed by atoms with Gasteiger partial charge in [0.15, 0.2) is 11.5 Å². The first-order valence-corrected chi connectivity index (χ1v) is 7.07. The summed E-state index contributed by atoms with van der Waals surface area (Å²) < 4.78 is 0. The largest absolute Gasteiger partial charge is 0.504 e. The molecule has 1 unspecified atom stereocenters. The number of para-hydroxylation sites is 1. The first kappa shape index (κ1) is 15.2. The van der Waals surface area contributed by atoms with E-state index in [1.54, 1.807) is 0 Å². The summed E-state index contributed by atoms with van der Waals surface area (Å²) in [5, 5.41) is 21.9. The molecule has 3 N–H and O–H groups in total. The number of hydrogen-bond donors (Lipinski definition) is 3. The number of alkyl halides is 1. The van der Waals surface area contributed by atoms with Gasteiger partial charge in [-0.3, -0.25) is 4.79 Å². The number of phenolic OH excluding ortho intramolecular Hbond substituents is 2. The van der Waals surface area contributed by atoms with Gasteiger partial charge in [0.05, 0.1) is 5.56 Å². The van der Waals surface area contributed by atoms with Gasteiger partial charge in [0.25, 0.3) is 5.91 Å². The molecule has 0 bridgehead atoms. The first-order valence-electron chi connectivity index (χ1n) is 6.53. The second-order valence-electron chi connectivity index (χ2n) is 4.69. The number of nitrogens with one attached hydrogen (secondary N) is 1. The van der Waals surface area contributed by atoms with Crippen LogP contribution in [0.15, 0.2) is 48.5 Å². The molecule has 21 heavy (non-hydrogen) atoms. The van der Waals surface area contributed by atoms with Crippen molar-refractivity contribution in [3.8, 4) is 11.5 Å². The Morgan fingerprint density at radius 3 is 2.48 bits per heavy atom. The second-order valence-corrected chi connectivity index (χ2v) is 5.00. The van der Waals surface area contributed by atoms with Crippen LogP contribution >= 0.6 is 11.6 Å². The van der Waals surface area contributed by atoms with E-state index in [0.717, 1.165) is 5.56 Å². The molecule has 0 fully saturated rings. The smallest absolute Gasteiger partial charge is 0.255 e. The van der Waals surface area contributed by atoms with Gasteiger partial charge in [-0.15, -0.1) is 11.6 Å². The Morgan fingerprint density at radius 1 is 1.10 bits per heavy atom. The summed E-state index contributed by atoms with van der Waals surface area (Å²) in [5.74, 6) is -0.971. The number of benzene rings is 2. The molecule has 5 heteroatoms. The normalized spacial score (nSPS) is 11.9. The van der Waals surface area contributed by atoms with Crippen LogP contribution in [-0.4, -0.2) is 28.0 Å². The summed E-state index contributed by atoms with van der Waals surface area (Å²) in [7, 11) is 0. The number of carbonyl (C=O) groups excluding carboxylic acids is 1. The van der Waals surface area contributed by atoms with Gasteiger partial charge >= 0.3 is 0 Å². The maximum absolute atomic E-state index is 12.1. The zero-order chi connectivity index (χ0) is 15.2. The number of aromatic hydroxyl groups is 2. The van der Waals surface area contributed by atoms with Crippen molar-refractivity contribution in [2.24, 2.45) is 0 Å². The Kier molecular flexibility index (Phi) is 5.06. The number of phenols is 2. The highest BCUT2D eigenvalue weighted by Gasteiger charge is 2.17. The van der Waals surface area contributed by atoms with Gasteiger partial charge in [0.1, 0.15) is 0 Å². The van der Waals surface area contributed by atoms with E-state index < -0.39 is 11.7 Å². The quantitative estimate of drug-likeness (QED) is 0.587. The fraction of sp³-hybridized carbons (Fsp3) is 0.188. The average molecular weight is 306 g/mol. The molecule has 0 aliphatic rings. The van der Waals surface area contributed by atoms with E-state index in [4.69, 9.17) is 11.6 Å². The molecule has 1 atom stereocenters. The van der Waals surface area contributed by atoms with Gasteiger partial charge < -0.3 is 15.5 Å². The van der Waals surface area contributed by atoms with Crippen LogP contribution in [0.2, 0.25) is 0 Å². The molecule has 1 amide bonds. The lowest BCUT2D eigenvalue weighted by atomic mass is 10.1.